The van der Waals surface area contributed by atoms with Gasteiger partial charge in [-0.2, -0.15) is 0 Å². The van der Waals surface area contributed by atoms with Crippen molar-refractivity contribution in [1.82, 2.24) is 4.90 Å². The second-order valence-corrected chi connectivity index (χ2v) is 3.44. The van der Waals surface area contributed by atoms with Gasteiger partial charge in [0.2, 0.25) is 0 Å². The molecule has 0 unspecified atom stereocenters. The van der Waals surface area contributed by atoms with Crippen LogP contribution in [0.15, 0.2) is 0 Å². The molecule has 11 heavy (non-hydrogen) atoms. The summed E-state index contributed by atoms with van der Waals surface area (Å²) in [6.07, 6.45) is 0. The summed E-state index contributed by atoms with van der Waals surface area (Å²) >= 11 is 0. The molecule has 0 N–H and O–H groups in total. The fraction of sp³-hybridized carbons (Fsp3) is 1.00. The van der Waals surface area contributed by atoms with E-state index in [9.17, 15) is 0 Å². The van der Waals surface area contributed by atoms with Crippen molar-refractivity contribution in [3.05, 3.63) is 0 Å². The van der Waals surface area contributed by atoms with Gasteiger partial charge in [0.25, 0.3) is 0 Å². The van der Waals surface area contributed by atoms with Crippen molar-refractivity contribution in [1.29, 1.82) is 0 Å². The molecular formula is C8H17NO2. The highest BCUT2D eigenvalue weighted by atomic mass is 16.5. The lowest BCUT2D eigenvalue weighted by molar-refractivity contribution is -0.0533. The quantitative estimate of drug-likeness (QED) is 0.551. The van der Waals surface area contributed by atoms with Crippen LogP contribution in [0, 0.1) is 0 Å². The lowest BCUT2D eigenvalue weighted by atomic mass is 10.1. The van der Waals surface area contributed by atoms with Gasteiger partial charge >= 0.3 is 0 Å². The van der Waals surface area contributed by atoms with Crippen LogP contribution in [0.2, 0.25) is 0 Å². The Morgan fingerprint density at radius 1 is 1.55 bits per heavy atom. The summed E-state index contributed by atoms with van der Waals surface area (Å²) < 4.78 is 10.8. The molecule has 0 amide bonds. The zero-order valence-corrected chi connectivity index (χ0v) is 7.59. The minimum Gasteiger partial charge on any atom is -0.377 e. The smallest absolute Gasteiger partial charge is 0.101 e. The van der Waals surface area contributed by atoms with Crippen molar-refractivity contribution in [3.8, 4) is 0 Å². The summed E-state index contributed by atoms with van der Waals surface area (Å²) in [5.74, 6) is 0. The number of likely N-dealkylation sites (N-methyl/N-ethyl adjacent to an activating group) is 1. The molecule has 0 aromatic heterocycles. The molecule has 1 aliphatic rings. The standard InChI is InChI=1S/C8H17NO2/c1-8(10-3)6-9(2)4-5-11-7-8/h4-7H2,1-3H3/t8-/m1/s1. The number of rotatable bonds is 1. The first kappa shape index (κ1) is 8.97. The molecule has 1 heterocycles. The minimum atomic E-state index is -0.120. The number of methoxy groups -OCH3 is 1. The SMILES string of the molecule is CO[C@@]1(C)COCCN(C)C1. The molecule has 0 saturated carbocycles. The number of hydrogen-bond donors (Lipinski definition) is 0. The monoisotopic (exact) mass is 159 g/mol. The normalized spacial score (nSPS) is 35.2. The largest absolute Gasteiger partial charge is 0.377 e. The first-order valence-electron chi connectivity index (χ1n) is 3.98. The summed E-state index contributed by atoms with van der Waals surface area (Å²) in [6, 6.07) is 0. The van der Waals surface area contributed by atoms with Crippen LogP contribution in [-0.2, 0) is 9.47 Å². The third-order valence-electron chi connectivity index (χ3n) is 2.12. The van der Waals surface area contributed by atoms with E-state index >= 15 is 0 Å². The molecule has 66 valence electrons. The van der Waals surface area contributed by atoms with Crippen LogP contribution in [-0.4, -0.2) is 51.0 Å². The Kier molecular flexibility index (Phi) is 2.87. The van der Waals surface area contributed by atoms with E-state index in [0.29, 0.717) is 6.61 Å². The van der Waals surface area contributed by atoms with Gasteiger partial charge in [-0.25, -0.2) is 0 Å². The van der Waals surface area contributed by atoms with Crippen LogP contribution in [0.1, 0.15) is 6.92 Å². The predicted octanol–water partition coefficient (Wildman–Crippen LogP) is 0.353. The summed E-state index contributed by atoms with van der Waals surface area (Å²) in [7, 11) is 3.83. The van der Waals surface area contributed by atoms with Crippen LogP contribution >= 0.6 is 0 Å². The van der Waals surface area contributed by atoms with Gasteiger partial charge in [0, 0.05) is 20.2 Å². The average Bonchev–Trinajstić information content (AvgIpc) is 2.13. The van der Waals surface area contributed by atoms with Gasteiger partial charge in [0.1, 0.15) is 5.60 Å². The number of ether oxygens (including phenoxy) is 2. The zero-order valence-electron chi connectivity index (χ0n) is 7.59. The molecule has 1 fully saturated rings. The highest BCUT2D eigenvalue weighted by molar-refractivity contribution is 4.80. The van der Waals surface area contributed by atoms with E-state index in [0.717, 1.165) is 19.7 Å². The summed E-state index contributed by atoms with van der Waals surface area (Å²) in [6.45, 7) is 5.54. The van der Waals surface area contributed by atoms with E-state index in [1.54, 1.807) is 7.11 Å². The van der Waals surface area contributed by atoms with E-state index < -0.39 is 0 Å². The van der Waals surface area contributed by atoms with Gasteiger partial charge in [-0.15, -0.1) is 0 Å². The molecule has 0 bridgehead atoms. The Hall–Kier alpha value is -0.120. The van der Waals surface area contributed by atoms with E-state index in [2.05, 4.69) is 18.9 Å². The molecule has 1 atom stereocenters. The molecular weight excluding hydrogens is 142 g/mol. The van der Waals surface area contributed by atoms with Crippen LogP contribution in [0.5, 0.6) is 0 Å². The summed E-state index contributed by atoms with van der Waals surface area (Å²) in [5.41, 5.74) is -0.120. The molecule has 1 rings (SSSR count). The zero-order chi connectivity index (χ0) is 8.32. The van der Waals surface area contributed by atoms with Gasteiger partial charge in [-0.1, -0.05) is 0 Å². The summed E-state index contributed by atoms with van der Waals surface area (Å²) in [4.78, 5) is 2.23. The van der Waals surface area contributed by atoms with Crippen molar-refractivity contribution >= 4 is 0 Å². The van der Waals surface area contributed by atoms with Crippen molar-refractivity contribution in [2.75, 3.05) is 40.5 Å². The van der Waals surface area contributed by atoms with E-state index in [1.165, 1.54) is 0 Å². The molecule has 0 spiro atoms. The van der Waals surface area contributed by atoms with Crippen LogP contribution in [0.25, 0.3) is 0 Å². The van der Waals surface area contributed by atoms with E-state index in [-0.39, 0.29) is 5.60 Å². The second-order valence-electron chi connectivity index (χ2n) is 3.44. The lowest BCUT2D eigenvalue weighted by Crippen LogP contribution is -2.41. The Morgan fingerprint density at radius 3 is 2.91 bits per heavy atom. The lowest BCUT2D eigenvalue weighted by Gasteiger charge is -2.28. The minimum absolute atomic E-state index is 0.120. The first-order valence-corrected chi connectivity index (χ1v) is 3.98. The highest BCUT2D eigenvalue weighted by Gasteiger charge is 2.27. The fourth-order valence-corrected chi connectivity index (χ4v) is 1.33. The second kappa shape index (κ2) is 3.52. The van der Waals surface area contributed by atoms with Gasteiger partial charge < -0.3 is 14.4 Å². The number of nitrogens with zero attached hydrogens (tertiary/aromatic N) is 1. The predicted molar refractivity (Wildman–Crippen MR) is 43.7 cm³/mol. The van der Waals surface area contributed by atoms with Crippen LogP contribution < -0.4 is 0 Å². The molecule has 3 nitrogen and oxygen atoms in total. The number of hydrogen-bond acceptors (Lipinski definition) is 3. The highest BCUT2D eigenvalue weighted by Crippen LogP contribution is 2.13. The van der Waals surface area contributed by atoms with Crippen molar-refractivity contribution < 1.29 is 9.47 Å². The molecule has 0 aromatic carbocycles. The summed E-state index contributed by atoms with van der Waals surface area (Å²) in [5, 5.41) is 0. The molecule has 1 aliphatic heterocycles. The third-order valence-corrected chi connectivity index (χ3v) is 2.12. The van der Waals surface area contributed by atoms with E-state index in [4.69, 9.17) is 9.47 Å². The molecule has 0 aliphatic carbocycles. The van der Waals surface area contributed by atoms with Gasteiger partial charge in [-0.3, -0.25) is 0 Å². The fourth-order valence-electron chi connectivity index (χ4n) is 1.33. The van der Waals surface area contributed by atoms with Gasteiger partial charge in [0.15, 0.2) is 0 Å². The van der Waals surface area contributed by atoms with E-state index in [1.807, 2.05) is 0 Å². The molecule has 0 aromatic rings. The van der Waals surface area contributed by atoms with Crippen molar-refractivity contribution in [3.63, 3.8) is 0 Å². The van der Waals surface area contributed by atoms with Crippen molar-refractivity contribution in [2.45, 2.75) is 12.5 Å². The Morgan fingerprint density at radius 2 is 2.27 bits per heavy atom. The molecule has 3 heteroatoms. The maximum atomic E-state index is 5.40. The third kappa shape index (κ3) is 2.43. The van der Waals surface area contributed by atoms with Crippen LogP contribution in [0.4, 0.5) is 0 Å². The molecule has 1 saturated heterocycles. The molecule has 0 radical (unpaired) electrons. The maximum absolute atomic E-state index is 5.40. The van der Waals surface area contributed by atoms with Crippen LogP contribution in [0.3, 0.4) is 0 Å². The Balaban J connectivity index is 2.51. The van der Waals surface area contributed by atoms with Gasteiger partial charge in [-0.05, 0) is 14.0 Å². The average molecular weight is 159 g/mol. The first-order chi connectivity index (χ1) is 5.16. The maximum Gasteiger partial charge on any atom is 0.101 e. The Bertz CT molecular complexity index is 129. The van der Waals surface area contributed by atoms with Gasteiger partial charge in [0.05, 0.1) is 13.2 Å². The van der Waals surface area contributed by atoms with Crippen molar-refractivity contribution in [2.24, 2.45) is 0 Å². The Labute approximate surface area is 68.3 Å². The topological polar surface area (TPSA) is 21.7 Å².